The summed E-state index contributed by atoms with van der Waals surface area (Å²) in [5.74, 6) is 0.264. The number of dihydropyridines is 1. The zero-order chi connectivity index (χ0) is 16.4. The maximum absolute atomic E-state index is 11.8. The number of allylic oxidation sites excluding steroid dienone is 3. The molecule has 1 heterocycles. The van der Waals surface area contributed by atoms with Crippen LogP contribution in [0.25, 0.3) is 5.57 Å². The van der Waals surface area contributed by atoms with Crippen molar-refractivity contribution in [3.63, 3.8) is 0 Å². The van der Waals surface area contributed by atoms with Crippen molar-refractivity contribution in [2.75, 3.05) is 0 Å². The van der Waals surface area contributed by atoms with Crippen molar-refractivity contribution in [2.24, 2.45) is 11.8 Å². The van der Waals surface area contributed by atoms with Crippen molar-refractivity contribution in [1.82, 2.24) is 5.32 Å². The van der Waals surface area contributed by atoms with Crippen LogP contribution in [-0.4, -0.2) is 4.92 Å². The molecule has 4 heteroatoms. The minimum Gasteiger partial charge on any atom is -0.357 e. The van der Waals surface area contributed by atoms with Crippen LogP contribution in [0.5, 0.6) is 0 Å². The van der Waals surface area contributed by atoms with Crippen LogP contribution in [0.2, 0.25) is 0 Å². The number of hydrogen-bond acceptors (Lipinski definition) is 3. The molecule has 23 heavy (non-hydrogen) atoms. The third kappa shape index (κ3) is 3.03. The summed E-state index contributed by atoms with van der Waals surface area (Å²) in [5.41, 5.74) is 4.31. The van der Waals surface area contributed by atoms with E-state index in [1.807, 2.05) is 32.0 Å². The van der Waals surface area contributed by atoms with Gasteiger partial charge in [-0.3, -0.25) is 10.1 Å². The van der Waals surface area contributed by atoms with Gasteiger partial charge in [0.1, 0.15) is 0 Å². The van der Waals surface area contributed by atoms with Crippen LogP contribution in [0, 0.1) is 22.0 Å². The Balaban J connectivity index is 2.10. The highest BCUT2D eigenvalue weighted by Crippen LogP contribution is 2.45. The van der Waals surface area contributed by atoms with Gasteiger partial charge in [0.2, 0.25) is 0 Å². The molecule has 1 aliphatic heterocycles. The molecule has 0 spiro atoms. The second-order valence-electron chi connectivity index (χ2n) is 6.67. The van der Waals surface area contributed by atoms with Crippen molar-refractivity contribution in [3.8, 4) is 0 Å². The second-order valence-corrected chi connectivity index (χ2v) is 6.67. The highest BCUT2D eigenvalue weighted by atomic mass is 16.6. The van der Waals surface area contributed by atoms with Crippen LogP contribution in [0.3, 0.4) is 0 Å². The molecule has 122 valence electrons. The first-order valence-electron chi connectivity index (χ1n) is 8.48. The Labute approximate surface area is 137 Å². The standard InChI is InChI=1S/C19H24N2O2/c1-13-17(15-9-5-3-6-10-15)18(16-11-7-4-8-12-16)19(21(22)23)14(2)20-13/h3,5-6,9-10,16,18,20H,4,7-8,11-12H2,1-2H3. The van der Waals surface area contributed by atoms with Crippen LogP contribution < -0.4 is 5.32 Å². The van der Waals surface area contributed by atoms with Gasteiger partial charge >= 0.3 is 0 Å². The van der Waals surface area contributed by atoms with Crippen LogP contribution in [0.15, 0.2) is 47.4 Å². The summed E-state index contributed by atoms with van der Waals surface area (Å²) >= 11 is 0. The summed E-state index contributed by atoms with van der Waals surface area (Å²) in [7, 11) is 0. The maximum atomic E-state index is 11.8. The topological polar surface area (TPSA) is 55.2 Å². The van der Waals surface area contributed by atoms with Crippen LogP contribution in [0.4, 0.5) is 0 Å². The molecule has 0 amide bonds. The Morgan fingerprint density at radius 1 is 1.04 bits per heavy atom. The fourth-order valence-corrected chi connectivity index (χ4v) is 4.21. The first-order chi connectivity index (χ1) is 11.1. The average molecular weight is 312 g/mol. The maximum Gasteiger partial charge on any atom is 0.272 e. The molecule has 0 bridgehead atoms. The molecule has 1 aromatic rings. The normalized spacial score (nSPS) is 23.0. The van der Waals surface area contributed by atoms with E-state index < -0.39 is 0 Å². The van der Waals surface area contributed by atoms with Crippen molar-refractivity contribution >= 4 is 5.57 Å². The van der Waals surface area contributed by atoms with Gasteiger partial charge in [0.05, 0.1) is 16.5 Å². The molecule has 1 aromatic carbocycles. The van der Waals surface area contributed by atoms with Gasteiger partial charge in [-0.1, -0.05) is 49.6 Å². The molecule has 1 atom stereocenters. The average Bonchev–Trinajstić information content (AvgIpc) is 2.55. The molecule has 0 aromatic heterocycles. The third-order valence-electron chi connectivity index (χ3n) is 5.17. The summed E-state index contributed by atoms with van der Waals surface area (Å²) < 4.78 is 0. The number of rotatable bonds is 3. The lowest BCUT2D eigenvalue weighted by Gasteiger charge is -2.35. The number of hydrogen-bond donors (Lipinski definition) is 1. The summed E-state index contributed by atoms with van der Waals surface area (Å²) in [6, 6.07) is 10.1. The minimum absolute atomic E-state index is 0.103. The molecule has 0 radical (unpaired) electrons. The van der Waals surface area contributed by atoms with Crippen LogP contribution in [-0.2, 0) is 0 Å². The van der Waals surface area contributed by atoms with Gasteiger partial charge in [0, 0.05) is 5.70 Å². The summed E-state index contributed by atoms with van der Waals surface area (Å²) in [6.45, 7) is 3.87. The quantitative estimate of drug-likeness (QED) is 0.648. The fourth-order valence-electron chi connectivity index (χ4n) is 4.21. The highest BCUT2D eigenvalue weighted by Gasteiger charge is 2.41. The SMILES string of the molecule is CC1=C(c2ccccc2)C(C2CCCCC2)C([N+](=O)[O-])=C(C)N1. The predicted octanol–water partition coefficient (Wildman–Crippen LogP) is 4.73. The van der Waals surface area contributed by atoms with Crippen molar-refractivity contribution < 1.29 is 4.92 Å². The molecule has 1 aliphatic carbocycles. The monoisotopic (exact) mass is 312 g/mol. The Morgan fingerprint density at radius 2 is 1.70 bits per heavy atom. The number of nitrogens with one attached hydrogen (secondary N) is 1. The van der Waals surface area contributed by atoms with Crippen molar-refractivity contribution in [1.29, 1.82) is 0 Å². The summed E-state index contributed by atoms with van der Waals surface area (Å²) in [5, 5.41) is 15.0. The minimum atomic E-state index is -0.170. The van der Waals surface area contributed by atoms with E-state index in [9.17, 15) is 10.1 Å². The molecule has 1 saturated carbocycles. The molecule has 1 fully saturated rings. The molecular formula is C19H24N2O2. The molecule has 1 unspecified atom stereocenters. The van der Waals surface area contributed by atoms with E-state index in [0.717, 1.165) is 29.7 Å². The van der Waals surface area contributed by atoms with Gasteiger partial charge in [-0.15, -0.1) is 0 Å². The fraction of sp³-hybridized carbons (Fsp3) is 0.474. The smallest absolute Gasteiger partial charge is 0.272 e. The Bertz CT molecular complexity index is 655. The summed E-state index contributed by atoms with van der Waals surface area (Å²) in [4.78, 5) is 11.6. The first kappa shape index (κ1) is 15.8. The lowest BCUT2D eigenvalue weighted by molar-refractivity contribution is -0.435. The zero-order valence-corrected chi connectivity index (χ0v) is 13.8. The second kappa shape index (κ2) is 6.57. The molecule has 3 rings (SSSR count). The molecule has 4 nitrogen and oxygen atoms in total. The highest BCUT2D eigenvalue weighted by molar-refractivity contribution is 5.73. The van der Waals surface area contributed by atoms with E-state index in [4.69, 9.17) is 0 Å². The van der Waals surface area contributed by atoms with Gasteiger partial charge in [-0.2, -0.15) is 0 Å². The molecule has 2 aliphatic rings. The van der Waals surface area contributed by atoms with E-state index in [1.54, 1.807) is 0 Å². The summed E-state index contributed by atoms with van der Waals surface area (Å²) in [6.07, 6.45) is 5.78. The number of benzene rings is 1. The van der Waals surface area contributed by atoms with Gasteiger partial charge in [-0.05, 0) is 43.7 Å². The van der Waals surface area contributed by atoms with Crippen LogP contribution in [0.1, 0.15) is 51.5 Å². The van der Waals surface area contributed by atoms with E-state index in [0.29, 0.717) is 17.3 Å². The molecular weight excluding hydrogens is 288 g/mol. The Kier molecular flexibility index (Phi) is 4.51. The van der Waals surface area contributed by atoms with Gasteiger partial charge in [0.25, 0.3) is 5.70 Å². The van der Waals surface area contributed by atoms with Crippen molar-refractivity contribution in [2.45, 2.75) is 46.0 Å². The van der Waals surface area contributed by atoms with Gasteiger partial charge in [0.15, 0.2) is 0 Å². The van der Waals surface area contributed by atoms with E-state index >= 15 is 0 Å². The van der Waals surface area contributed by atoms with E-state index in [-0.39, 0.29) is 10.8 Å². The zero-order valence-electron chi connectivity index (χ0n) is 13.8. The van der Waals surface area contributed by atoms with Crippen LogP contribution >= 0.6 is 0 Å². The number of nitro groups is 1. The Hall–Kier alpha value is -2.10. The third-order valence-corrected chi connectivity index (χ3v) is 5.17. The Morgan fingerprint density at radius 3 is 2.30 bits per heavy atom. The lowest BCUT2D eigenvalue weighted by Crippen LogP contribution is -2.33. The van der Waals surface area contributed by atoms with E-state index in [1.165, 1.54) is 19.3 Å². The first-order valence-corrected chi connectivity index (χ1v) is 8.48. The van der Waals surface area contributed by atoms with Gasteiger partial charge in [-0.25, -0.2) is 0 Å². The van der Waals surface area contributed by atoms with Crippen molar-refractivity contribution in [3.05, 3.63) is 63.1 Å². The molecule has 0 saturated heterocycles. The number of nitrogens with zero attached hydrogens (tertiary/aromatic N) is 1. The largest absolute Gasteiger partial charge is 0.357 e. The lowest BCUT2D eigenvalue weighted by atomic mass is 9.71. The van der Waals surface area contributed by atoms with E-state index in [2.05, 4.69) is 17.4 Å². The predicted molar refractivity (Wildman–Crippen MR) is 91.9 cm³/mol. The van der Waals surface area contributed by atoms with Gasteiger partial charge < -0.3 is 5.32 Å². The molecule has 1 N–H and O–H groups in total.